The smallest absolute Gasteiger partial charge is 0.0547 e. The Balaban J connectivity index is 1.09. The van der Waals surface area contributed by atoms with E-state index in [1.807, 2.05) is 0 Å². The quantitative estimate of drug-likeness (QED) is 0.170. The van der Waals surface area contributed by atoms with Gasteiger partial charge in [-0.3, -0.25) is 0 Å². The molecule has 252 valence electrons. The molecule has 0 saturated carbocycles. The van der Waals surface area contributed by atoms with E-state index >= 15 is 0 Å². The third kappa shape index (κ3) is 5.02. The molecule has 1 aromatic heterocycles. The van der Waals surface area contributed by atoms with Crippen LogP contribution in [-0.2, 0) is 5.41 Å². The van der Waals surface area contributed by atoms with Gasteiger partial charge in [0.25, 0.3) is 0 Å². The molecule has 0 N–H and O–H groups in total. The summed E-state index contributed by atoms with van der Waals surface area (Å²) in [6.07, 6.45) is 0. The lowest BCUT2D eigenvalue weighted by Gasteiger charge is -2.28. The maximum Gasteiger partial charge on any atom is 0.0547 e. The molecule has 8 aromatic carbocycles. The SMILES string of the molecule is CC1(C)c2ccccc2-c2ccc(N(c3ccccc3)c3ccc(-c4ccccc4-n4c5ccccc5c5ccc(-c6ccccc6)cc54)cc3)cc21. The maximum atomic E-state index is 2.45. The third-order valence-electron chi connectivity index (χ3n) is 11.2. The fraction of sp³-hybridized carbons (Fsp3) is 0.0588. The van der Waals surface area contributed by atoms with Crippen molar-refractivity contribution in [1.82, 2.24) is 4.57 Å². The molecule has 0 bridgehead atoms. The number of anilines is 3. The van der Waals surface area contributed by atoms with Crippen LogP contribution in [0.2, 0.25) is 0 Å². The summed E-state index contributed by atoms with van der Waals surface area (Å²) in [6.45, 7) is 4.69. The number of hydrogen-bond acceptors (Lipinski definition) is 1. The highest BCUT2D eigenvalue weighted by atomic mass is 15.1. The molecular weight excluding hydrogens is 641 g/mol. The normalized spacial score (nSPS) is 12.9. The first-order valence-corrected chi connectivity index (χ1v) is 18.4. The van der Waals surface area contributed by atoms with Gasteiger partial charge in [-0.15, -0.1) is 0 Å². The maximum absolute atomic E-state index is 2.45. The first kappa shape index (κ1) is 31.1. The van der Waals surface area contributed by atoms with Crippen molar-refractivity contribution in [3.63, 3.8) is 0 Å². The van der Waals surface area contributed by atoms with Crippen molar-refractivity contribution in [3.8, 4) is 39.1 Å². The molecule has 1 aliphatic rings. The molecule has 0 saturated heterocycles. The highest BCUT2D eigenvalue weighted by Crippen LogP contribution is 2.50. The predicted octanol–water partition coefficient (Wildman–Crippen LogP) is 13.9. The van der Waals surface area contributed by atoms with Crippen LogP contribution in [0.3, 0.4) is 0 Å². The average Bonchev–Trinajstić information content (AvgIpc) is 3.67. The molecule has 0 atom stereocenters. The Labute approximate surface area is 310 Å². The molecule has 0 fully saturated rings. The van der Waals surface area contributed by atoms with Crippen molar-refractivity contribution in [2.75, 3.05) is 4.90 Å². The molecule has 1 aliphatic carbocycles. The van der Waals surface area contributed by atoms with Gasteiger partial charge < -0.3 is 9.47 Å². The van der Waals surface area contributed by atoms with E-state index in [2.05, 4.69) is 217 Å². The van der Waals surface area contributed by atoms with Crippen LogP contribution in [0.5, 0.6) is 0 Å². The second-order valence-electron chi connectivity index (χ2n) is 14.6. The lowest BCUT2D eigenvalue weighted by atomic mass is 9.82. The standard InChI is InChI=1S/C51H38N2/c1-51(2)46-22-12-9-20-42(46)43-32-30-40(34-47(43)51)52(38-17-7-4-8-18-38)39-28-25-36(26-29-39)41-19-10-13-23-48(41)53-49-24-14-11-21-44(49)45-31-27-37(33-50(45)53)35-15-5-3-6-16-35/h3-34H,1-2H3. The van der Waals surface area contributed by atoms with Crippen molar-refractivity contribution in [2.45, 2.75) is 19.3 Å². The minimum absolute atomic E-state index is 0.0769. The van der Waals surface area contributed by atoms with Crippen LogP contribution < -0.4 is 4.90 Å². The molecule has 0 unspecified atom stereocenters. The van der Waals surface area contributed by atoms with E-state index in [-0.39, 0.29) is 5.41 Å². The van der Waals surface area contributed by atoms with Gasteiger partial charge in [0.2, 0.25) is 0 Å². The number of benzene rings is 8. The fourth-order valence-electron chi connectivity index (χ4n) is 8.60. The van der Waals surface area contributed by atoms with Gasteiger partial charge in [-0.2, -0.15) is 0 Å². The van der Waals surface area contributed by atoms with Crippen molar-refractivity contribution < 1.29 is 0 Å². The van der Waals surface area contributed by atoms with Crippen molar-refractivity contribution in [3.05, 3.63) is 205 Å². The van der Waals surface area contributed by atoms with Gasteiger partial charge in [0.1, 0.15) is 0 Å². The zero-order chi connectivity index (χ0) is 35.5. The number of rotatable bonds is 6. The lowest BCUT2D eigenvalue weighted by molar-refractivity contribution is 0.660. The van der Waals surface area contributed by atoms with E-state index in [1.54, 1.807) is 0 Å². The topological polar surface area (TPSA) is 8.17 Å². The van der Waals surface area contributed by atoms with E-state index in [9.17, 15) is 0 Å². The van der Waals surface area contributed by atoms with Crippen molar-refractivity contribution in [1.29, 1.82) is 0 Å². The van der Waals surface area contributed by atoms with Gasteiger partial charge in [0.15, 0.2) is 0 Å². The predicted molar refractivity (Wildman–Crippen MR) is 224 cm³/mol. The first-order valence-electron chi connectivity index (χ1n) is 18.4. The number of hydrogen-bond donors (Lipinski definition) is 0. The summed E-state index contributed by atoms with van der Waals surface area (Å²) >= 11 is 0. The summed E-state index contributed by atoms with van der Waals surface area (Å²) in [5, 5.41) is 2.51. The minimum Gasteiger partial charge on any atom is -0.310 e. The van der Waals surface area contributed by atoms with Gasteiger partial charge in [0.05, 0.1) is 16.7 Å². The number of nitrogens with zero attached hydrogens (tertiary/aromatic N) is 2. The Bertz CT molecular complexity index is 2790. The summed E-state index contributed by atoms with van der Waals surface area (Å²) in [5.41, 5.74) is 17.1. The summed E-state index contributed by atoms with van der Waals surface area (Å²) in [6, 6.07) is 70.8. The molecular formula is C51H38N2. The van der Waals surface area contributed by atoms with E-state index < -0.39 is 0 Å². The van der Waals surface area contributed by atoms with E-state index in [0.29, 0.717) is 0 Å². The Morgan fingerprint density at radius 1 is 0.377 bits per heavy atom. The van der Waals surface area contributed by atoms with Crippen molar-refractivity contribution in [2.24, 2.45) is 0 Å². The van der Waals surface area contributed by atoms with Gasteiger partial charge in [0, 0.05) is 38.8 Å². The van der Waals surface area contributed by atoms with E-state index in [4.69, 9.17) is 0 Å². The summed E-state index contributed by atoms with van der Waals surface area (Å²) in [5.74, 6) is 0. The molecule has 0 amide bonds. The van der Waals surface area contributed by atoms with Crippen LogP contribution in [-0.4, -0.2) is 4.57 Å². The van der Waals surface area contributed by atoms with Crippen LogP contribution in [0, 0.1) is 0 Å². The Morgan fingerprint density at radius 2 is 0.962 bits per heavy atom. The van der Waals surface area contributed by atoms with Crippen LogP contribution >= 0.6 is 0 Å². The van der Waals surface area contributed by atoms with Crippen LogP contribution in [0.4, 0.5) is 17.1 Å². The van der Waals surface area contributed by atoms with Crippen LogP contribution in [0.1, 0.15) is 25.0 Å². The Kier molecular flexibility index (Phi) is 7.19. The number of aromatic nitrogens is 1. The van der Waals surface area contributed by atoms with Crippen LogP contribution in [0.15, 0.2) is 194 Å². The molecule has 0 aliphatic heterocycles. The molecule has 1 heterocycles. The van der Waals surface area contributed by atoms with Crippen molar-refractivity contribution >= 4 is 38.9 Å². The highest BCUT2D eigenvalue weighted by Gasteiger charge is 2.35. The second kappa shape index (κ2) is 12.3. The summed E-state index contributed by atoms with van der Waals surface area (Å²) in [4.78, 5) is 2.38. The third-order valence-corrected chi connectivity index (χ3v) is 11.2. The first-order chi connectivity index (χ1) is 26.1. The summed E-state index contributed by atoms with van der Waals surface area (Å²) in [7, 11) is 0. The van der Waals surface area contributed by atoms with Gasteiger partial charge in [-0.25, -0.2) is 0 Å². The number of fused-ring (bicyclic) bond motifs is 6. The Morgan fingerprint density at radius 3 is 1.77 bits per heavy atom. The average molecular weight is 679 g/mol. The van der Waals surface area contributed by atoms with E-state index in [1.165, 1.54) is 66.3 Å². The molecule has 0 radical (unpaired) electrons. The molecule has 0 spiro atoms. The molecule has 2 heteroatoms. The summed E-state index contributed by atoms with van der Waals surface area (Å²) < 4.78 is 2.45. The molecule has 10 rings (SSSR count). The largest absolute Gasteiger partial charge is 0.310 e. The monoisotopic (exact) mass is 678 g/mol. The number of para-hydroxylation sites is 3. The van der Waals surface area contributed by atoms with Gasteiger partial charge in [-0.05, 0) is 93.5 Å². The molecule has 53 heavy (non-hydrogen) atoms. The van der Waals surface area contributed by atoms with Gasteiger partial charge >= 0.3 is 0 Å². The van der Waals surface area contributed by atoms with Gasteiger partial charge in [-0.1, -0.05) is 153 Å². The lowest BCUT2D eigenvalue weighted by Crippen LogP contribution is -2.16. The second-order valence-corrected chi connectivity index (χ2v) is 14.6. The highest BCUT2D eigenvalue weighted by molar-refractivity contribution is 6.10. The van der Waals surface area contributed by atoms with Crippen LogP contribution in [0.25, 0.3) is 60.9 Å². The Hall–Kier alpha value is -6.64. The minimum atomic E-state index is -0.0769. The van der Waals surface area contributed by atoms with E-state index in [0.717, 1.165) is 22.7 Å². The molecule has 9 aromatic rings. The zero-order valence-electron chi connectivity index (χ0n) is 29.9. The zero-order valence-corrected chi connectivity index (χ0v) is 29.9. The molecule has 2 nitrogen and oxygen atoms in total. The fourth-order valence-corrected chi connectivity index (χ4v) is 8.60.